The number of halogens is 2. The number of benzene rings is 2. The highest BCUT2D eigenvalue weighted by atomic mass is 35.5. The van der Waals surface area contributed by atoms with E-state index in [1.807, 2.05) is 36.1 Å². The molecule has 2 heterocycles. The fourth-order valence-corrected chi connectivity index (χ4v) is 3.90. The van der Waals surface area contributed by atoms with Crippen molar-refractivity contribution in [3.63, 3.8) is 0 Å². The maximum atomic E-state index is 13.4. The summed E-state index contributed by atoms with van der Waals surface area (Å²) >= 11 is 5.88. The fourth-order valence-electron chi connectivity index (χ4n) is 3.73. The highest BCUT2D eigenvalue weighted by molar-refractivity contribution is 6.31. The molecule has 0 aliphatic carbocycles. The normalized spacial score (nSPS) is 13.8. The molecule has 0 radical (unpaired) electrons. The Kier molecular flexibility index (Phi) is 6.93. The molecule has 1 aliphatic heterocycles. The number of piperazine rings is 1. The first-order valence-corrected chi connectivity index (χ1v) is 11.1. The molecule has 1 amide bonds. The Morgan fingerprint density at radius 3 is 2.45 bits per heavy atom. The minimum atomic E-state index is -0.459. The van der Waals surface area contributed by atoms with Gasteiger partial charge in [0, 0.05) is 43.5 Å². The van der Waals surface area contributed by atoms with Gasteiger partial charge in [0.05, 0.1) is 17.3 Å². The molecule has 7 nitrogen and oxygen atoms in total. The predicted molar refractivity (Wildman–Crippen MR) is 125 cm³/mol. The first-order valence-electron chi connectivity index (χ1n) is 10.7. The SMILES string of the molecule is CCOc1ccc(-c2ccc(=O)n(CC(=O)N3CCN(c4ccc(F)c(Cl)c4)CC3)n2)cc1. The highest BCUT2D eigenvalue weighted by Crippen LogP contribution is 2.24. The molecular weight excluding hydrogens is 447 g/mol. The van der Waals surface area contributed by atoms with Crippen molar-refractivity contribution in [2.24, 2.45) is 0 Å². The van der Waals surface area contributed by atoms with Crippen LogP contribution in [-0.4, -0.2) is 53.4 Å². The van der Waals surface area contributed by atoms with Gasteiger partial charge in [-0.2, -0.15) is 5.10 Å². The number of hydrogen-bond acceptors (Lipinski definition) is 5. The van der Waals surface area contributed by atoms with E-state index in [-0.39, 0.29) is 23.0 Å². The maximum Gasteiger partial charge on any atom is 0.267 e. The molecule has 0 spiro atoms. The van der Waals surface area contributed by atoms with Gasteiger partial charge in [-0.05, 0) is 55.5 Å². The van der Waals surface area contributed by atoms with Crippen molar-refractivity contribution in [3.8, 4) is 17.0 Å². The average Bonchev–Trinajstić information content (AvgIpc) is 2.83. The summed E-state index contributed by atoms with van der Waals surface area (Å²) in [5.41, 5.74) is 1.90. The Labute approximate surface area is 196 Å². The lowest BCUT2D eigenvalue weighted by Crippen LogP contribution is -2.50. The van der Waals surface area contributed by atoms with Crippen LogP contribution in [0.3, 0.4) is 0 Å². The fraction of sp³-hybridized carbons (Fsp3) is 0.292. The van der Waals surface area contributed by atoms with Crippen molar-refractivity contribution in [2.45, 2.75) is 13.5 Å². The molecule has 1 aliphatic rings. The molecule has 33 heavy (non-hydrogen) atoms. The number of carbonyl (C=O) groups is 1. The van der Waals surface area contributed by atoms with Gasteiger partial charge < -0.3 is 14.5 Å². The number of amides is 1. The summed E-state index contributed by atoms with van der Waals surface area (Å²) in [5.74, 6) is 0.122. The Bertz CT molecular complexity index is 1190. The number of rotatable bonds is 6. The topological polar surface area (TPSA) is 67.7 Å². The number of ether oxygens (including phenoxy) is 1. The van der Waals surface area contributed by atoms with E-state index in [1.165, 1.54) is 16.8 Å². The Morgan fingerprint density at radius 2 is 1.79 bits per heavy atom. The van der Waals surface area contributed by atoms with Crippen molar-refractivity contribution < 1.29 is 13.9 Å². The van der Waals surface area contributed by atoms with Crippen LogP contribution in [-0.2, 0) is 11.3 Å². The molecule has 2 aromatic carbocycles. The second-order valence-corrected chi connectivity index (χ2v) is 8.05. The Hall–Kier alpha value is -3.39. The third-order valence-electron chi connectivity index (χ3n) is 5.51. The van der Waals surface area contributed by atoms with Crippen LogP contribution in [0.2, 0.25) is 5.02 Å². The number of anilines is 1. The molecule has 0 N–H and O–H groups in total. The minimum Gasteiger partial charge on any atom is -0.494 e. The number of hydrogen-bond donors (Lipinski definition) is 0. The molecule has 172 valence electrons. The monoisotopic (exact) mass is 470 g/mol. The van der Waals surface area contributed by atoms with Gasteiger partial charge in [0.2, 0.25) is 5.91 Å². The summed E-state index contributed by atoms with van der Waals surface area (Å²) in [6.45, 7) is 4.51. The molecular formula is C24H24ClFN4O3. The van der Waals surface area contributed by atoms with E-state index in [1.54, 1.807) is 23.1 Å². The summed E-state index contributed by atoms with van der Waals surface area (Å²) in [4.78, 5) is 28.9. The van der Waals surface area contributed by atoms with Gasteiger partial charge in [-0.3, -0.25) is 9.59 Å². The molecule has 0 atom stereocenters. The van der Waals surface area contributed by atoms with Crippen LogP contribution >= 0.6 is 11.6 Å². The Morgan fingerprint density at radius 1 is 1.06 bits per heavy atom. The molecule has 1 saturated heterocycles. The largest absolute Gasteiger partial charge is 0.494 e. The van der Waals surface area contributed by atoms with Crippen LogP contribution in [0.1, 0.15) is 6.92 Å². The van der Waals surface area contributed by atoms with Gasteiger partial charge in [-0.1, -0.05) is 11.6 Å². The molecule has 0 saturated carbocycles. The number of carbonyl (C=O) groups excluding carboxylic acids is 1. The summed E-state index contributed by atoms with van der Waals surface area (Å²) < 4.78 is 20.1. The lowest BCUT2D eigenvalue weighted by Gasteiger charge is -2.36. The number of nitrogens with zero attached hydrogens (tertiary/aromatic N) is 4. The van der Waals surface area contributed by atoms with Crippen molar-refractivity contribution in [1.29, 1.82) is 0 Å². The van der Waals surface area contributed by atoms with E-state index < -0.39 is 5.82 Å². The Balaban J connectivity index is 1.40. The van der Waals surface area contributed by atoms with E-state index in [0.717, 1.165) is 17.0 Å². The summed E-state index contributed by atoms with van der Waals surface area (Å²) in [5, 5.41) is 4.46. The molecule has 4 rings (SSSR count). The van der Waals surface area contributed by atoms with Crippen LogP contribution in [0.5, 0.6) is 5.75 Å². The van der Waals surface area contributed by atoms with E-state index in [2.05, 4.69) is 5.10 Å². The van der Waals surface area contributed by atoms with Gasteiger partial charge in [0.25, 0.3) is 5.56 Å². The highest BCUT2D eigenvalue weighted by Gasteiger charge is 2.22. The van der Waals surface area contributed by atoms with Crippen molar-refractivity contribution in [1.82, 2.24) is 14.7 Å². The zero-order valence-electron chi connectivity index (χ0n) is 18.2. The predicted octanol–water partition coefficient (Wildman–Crippen LogP) is 3.45. The lowest BCUT2D eigenvalue weighted by molar-refractivity contribution is -0.132. The second kappa shape index (κ2) is 10.0. The first-order chi connectivity index (χ1) is 15.9. The van der Waals surface area contributed by atoms with Crippen molar-refractivity contribution in [2.75, 3.05) is 37.7 Å². The quantitative estimate of drug-likeness (QED) is 0.552. The van der Waals surface area contributed by atoms with E-state index in [9.17, 15) is 14.0 Å². The third kappa shape index (κ3) is 5.34. The molecule has 9 heteroatoms. The van der Waals surface area contributed by atoms with Crippen LogP contribution in [0.15, 0.2) is 59.4 Å². The number of aromatic nitrogens is 2. The van der Waals surface area contributed by atoms with Gasteiger partial charge in [-0.15, -0.1) is 0 Å². The van der Waals surface area contributed by atoms with Crippen LogP contribution in [0.4, 0.5) is 10.1 Å². The zero-order chi connectivity index (χ0) is 23.4. The molecule has 0 unspecified atom stereocenters. The molecule has 3 aromatic rings. The zero-order valence-corrected chi connectivity index (χ0v) is 19.0. The van der Waals surface area contributed by atoms with Crippen LogP contribution in [0.25, 0.3) is 11.3 Å². The summed E-state index contributed by atoms with van der Waals surface area (Å²) in [7, 11) is 0. The maximum absolute atomic E-state index is 13.4. The molecule has 0 bridgehead atoms. The molecule has 1 fully saturated rings. The van der Waals surface area contributed by atoms with Crippen molar-refractivity contribution >= 4 is 23.2 Å². The van der Waals surface area contributed by atoms with Gasteiger partial charge in [-0.25, -0.2) is 9.07 Å². The van der Waals surface area contributed by atoms with E-state index in [0.29, 0.717) is 38.5 Å². The smallest absolute Gasteiger partial charge is 0.267 e. The lowest BCUT2D eigenvalue weighted by atomic mass is 10.1. The summed E-state index contributed by atoms with van der Waals surface area (Å²) in [6, 6.07) is 15.1. The summed E-state index contributed by atoms with van der Waals surface area (Å²) in [6.07, 6.45) is 0. The van der Waals surface area contributed by atoms with Gasteiger partial charge >= 0.3 is 0 Å². The molecule has 1 aromatic heterocycles. The van der Waals surface area contributed by atoms with Crippen LogP contribution < -0.4 is 15.2 Å². The standard InChI is InChI=1S/C24H24ClFN4O3/c1-2-33-19-6-3-17(4-7-19)22-9-10-23(31)30(27-22)16-24(32)29-13-11-28(12-14-29)18-5-8-21(26)20(25)15-18/h3-10,15H,2,11-14,16H2,1H3. The van der Waals surface area contributed by atoms with Gasteiger partial charge in [0.1, 0.15) is 18.1 Å². The van der Waals surface area contributed by atoms with Crippen molar-refractivity contribution in [3.05, 3.63) is 75.8 Å². The second-order valence-electron chi connectivity index (χ2n) is 7.64. The van der Waals surface area contributed by atoms with Gasteiger partial charge in [0.15, 0.2) is 0 Å². The van der Waals surface area contributed by atoms with E-state index in [4.69, 9.17) is 16.3 Å². The minimum absolute atomic E-state index is 0.0730. The first kappa shape index (κ1) is 22.8. The third-order valence-corrected chi connectivity index (χ3v) is 5.80. The van der Waals surface area contributed by atoms with Crippen LogP contribution in [0, 0.1) is 5.82 Å². The average molecular weight is 471 g/mol. The van der Waals surface area contributed by atoms with E-state index >= 15 is 0 Å².